The maximum absolute atomic E-state index is 6.52. The van der Waals surface area contributed by atoms with Gasteiger partial charge in [-0.3, -0.25) is 0 Å². The van der Waals surface area contributed by atoms with Gasteiger partial charge in [0.1, 0.15) is 0 Å². The van der Waals surface area contributed by atoms with Gasteiger partial charge in [0.05, 0.1) is 0 Å². The molecule has 2 rings (SSSR count). The first-order chi connectivity index (χ1) is 10.1. The van der Waals surface area contributed by atoms with Crippen LogP contribution in [0.25, 0.3) is 0 Å². The summed E-state index contributed by atoms with van der Waals surface area (Å²) < 4.78 is 0.514. The van der Waals surface area contributed by atoms with Crippen LogP contribution in [0, 0.1) is 0 Å². The Labute approximate surface area is 143 Å². The first-order valence-corrected chi connectivity index (χ1v) is 13.1. The van der Waals surface area contributed by atoms with Crippen LogP contribution in [0.2, 0.25) is 0 Å². The molecule has 0 aromatic heterocycles. The van der Waals surface area contributed by atoms with E-state index in [1.54, 1.807) is 0 Å². The van der Waals surface area contributed by atoms with Crippen LogP contribution in [0.3, 0.4) is 0 Å². The summed E-state index contributed by atoms with van der Waals surface area (Å²) in [6, 6.07) is 20.8. The van der Waals surface area contributed by atoms with Gasteiger partial charge in [-0.1, -0.05) is 0 Å². The number of nitrogens with two attached hydrogens (primary N) is 1. The summed E-state index contributed by atoms with van der Waals surface area (Å²) in [6.45, 7) is 3.86. The fraction of sp³-hybridized carbons (Fsp3) is 0.188. The van der Waals surface area contributed by atoms with Crippen molar-refractivity contribution < 1.29 is 4.58 Å². The molecule has 0 heterocycles. The molecule has 0 unspecified atom stereocenters. The van der Waals surface area contributed by atoms with Gasteiger partial charge in [0.25, 0.3) is 0 Å². The Bertz CT molecular complexity index is 613. The van der Waals surface area contributed by atoms with E-state index in [1.807, 2.05) is 12.1 Å². The van der Waals surface area contributed by atoms with Crippen LogP contribution >= 0.6 is 4.64 Å². The first-order valence-electron chi connectivity index (χ1n) is 6.84. The van der Waals surface area contributed by atoms with Crippen molar-refractivity contribution in [2.24, 2.45) is 5.73 Å². The van der Waals surface area contributed by atoms with Crippen molar-refractivity contribution in [3.63, 3.8) is 0 Å². The predicted octanol–water partition coefficient (Wildman–Crippen LogP) is 2.04. The molecule has 1 radical (unpaired) electrons. The molecule has 0 atom stereocenters. The third kappa shape index (κ3) is 4.19. The molecule has 2 aromatic carbocycles. The summed E-state index contributed by atoms with van der Waals surface area (Å²) in [7, 11) is 0. The molecule has 2 nitrogen and oxygen atoms in total. The Balaban J connectivity index is 2.34. The van der Waals surface area contributed by atoms with Crippen molar-refractivity contribution in [2.75, 3.05) is 6.54 Å². The summed E-state index contributed by atoms with van der Waals surface area (Å²) in [5.74, 6) is 0. The van der Waals surface area contributed by atoms with Crippen molar-refractivity contribution >= 4 is 46.7 Å². The van der Waals surface area contributed by atoms with Crippen molar-refractivity contribution in [1.29, 1.82) is 0 Å². The van der Waals surface area contributed by atoms with Gasteiger partial charge in [0.2, 0.25) is 0 Å². The number of hydrogen-bond acceptors (Lipinski definition) is 0. The van der Waals surface area contributed by atoms with E-state index in [0.717, 1.165) is 18.7 Å². The van der Waals surface area contributed by atoms with E-state index in [4.69, 9.17) is 5.73 Å². The van der Waals surface area contributed by atoms with Crippen LogP contribution in [0.5, 0.6) is 0 Å². The van der Waals surface area contributed by atoms with Gasteiger partial charge in [-0.15, -0.1) is 0 Å². The van der Waals surface area contributed by atoms with E-state index in [1.165, 1.54) is 10.9 Å². The number of nitrogens with zero attached hydrogens (tertiary/aromatic N) is 1. The second-order valence-electron chi connectivity index (χ2n) is 4.75. The molecular weight excluding hydrogens is 409 g/mol. The Morgan fingerprint density at radius 3 is 2.14 bits per heavy atom. The van der Waals surface area contributed by atoms with Crippen molar-refractivity contribution in [1.82, 2.24) is 0 Å². The number of amidine groups is 1. The topological polar surface area (TPSA) is 29.0 Å². The second-order valence-corrected chi connectivity index (χ2v) is 17.2. The van der Waals surface area contributed by atoms with Crippen LogP contribution < -0.4 is 11.0 Å². The molecule has 0 fully saturated rings. The molecule has 0 aliphatic rings. The molecule has 2 aromatic rings. The van der Waals surface area contributed by atoms with Gasteiger partial charge in [-0.2, -0.15) is 0 Å². The van der Waals surface area contributed by atoms with Crippen molar-refractivity contribution in [3.05, 3.63) is 66.2 Å². The minimum absolute atomic E-state index is 0.834. The number of rotatable bonds is 5. The molecule has 0 bridgehead atoms. The summed E-state index contributed by atoms with van der Waals surface area (Å²) in [5, 5.41) is 1.24. The summed E-state index contributed by atoms with van der Waals surface area (Å²) >= 11 is 6.64. The van der Waals surface area contributed by atoms with Crippen LogP contribution in [0.1, 0.15) is 12.5 Å². The summed E-state index contributed by atoms with van der Waals surface area (Å²) in [5.41, 5.74) is 8.71. The van der Waals surface area contributed by atoms with E-state index in [0.29, 0.717) is 0 Å². The average molecular weight is 428 g/mol. The average Bonchev–Trinajstić information content (AvgIpc) is 2.53. The standard InChI is InChI=1S/C16H18N2PSe2/c1-2-18(13-14-9-5-3-6-10-14)16(17)19(20,21)15-11-7-4-8-12-15/h3-12,17H,2,13H2,1H3/p+1. The molecule has 0 aliphatic heterocycles. The SMILES string of the molecule is CC[N+](Cc1ccccc1)=C(N)[P+]([Se])([Se-])c1ccccc1. The third-order valence-electron chi connectivity index (χ3n) is 3.32. The van der Waals surface area contributed by atoms with Crippen LogP contribution in [0.15, 0.2) is 60.7 Å². The minimum atomic E-state index is -1.73. The number of hydrogen-bond donors (Lipinski definition) is 1. The second kappa shape index (κ2) is 7.58. The Morgan fingerprint density at radius 2 is 1.62 bits per heavy atom. The molecule has 0 spiro atoms. The van der Waals surface area contributed by atoms with Gasteiger partial charge in [0, 0.05) is 0 Å². The molecule has 109 valence electrons. The van der Waals surface area contributed by atoms with Crippen LogP contribution in [-0.2, 0) is 6.54 Å². The zero-order chi connectivity index (χ0) is 15.3. The van der Waals surface area contributed by atoms with E-state index >= 15 is 0 Å². The molecule has 0 saturated carbocycles. The maximum atomic E-state index is 6.52. The normalized spacial score (nSPS) is 15.2. The number of benzene rings is 2. The molecule has 0 amide bonds. The fourth-order valence-electron chi connectivity index (χ4n) is 2.10. The molecule has 5 heteroatoms. The van der Waals surface area contributed by atoms with Crippen molar-refractivity contribution in [2.45, 2.75) is 13.5 Å². The molecule has 21 heavy (non-hydrogen) atoms. The van der Waals surface area contributed by atoms with E-state index in [2.05, 4.69) is 91.2 Å². The van der Waals surface area contributed by atoms with Gasteiger partial charge >= 0.3 is 143 Å². The molecule has 0 aliphatic carbocycles. The van der Waals surface area contributed by atoms with Crippen LogP contribution in [0.4, 0.5) is 0 Å². The van der Waals surface area contributed by atoms with Gasteiger partial charge < -0.3 is 0 Å². The quantitative estimate of drug-likeness (QED) is 0.255. The Hall–Kier alpha value is -0.621. The molecule has 2 N–H and O–H groups in total. The zero-order valence-corrected chi connectivity index (χ0v) is 16.3. The van der Waals surface area contributed by atoms with Gasteiger partial charge in [0.15, 0.2) is 0 Å². The Kier molecular flexibility index (Phi) is 6.05. The third-order valence-corrected chi connectivity index (χ3v) is 10.2. The van der Waals surface area contributed by atoms with Crippen molar-refractivity contribution in [3.8, 4) is 0 Å². The van der Waals surface area contributed by atoms with Gasteiger partial charge in [-0.05, 0) is 0 Å². The van der Waals surface area contributed by atoms with E-state index < -0.39 is 4.64 Å². The Morgan fingerprint density at radius 1 is 1.10 bits per heavy atom. The molecular formula is C16H19N2PSe2+. The van der Waals surface area contributed by atoms with E-state index in [-0.39, 0.29) is 0 Å². The van der Waals surface area contributed by atoms with Gasteiger partial charge in [-0.25, -0.2) is 0 Å². The molecule has 0 saturated heterocycles. The monoisotopic (exact) mass is 430 g/mol. The summed E-state index contributed by atoms with van der Waals surface area (Å²) in [4.78, 5) is 0. The van der Waals surface area contributed by atoms with Crippen LogP contribution in [-0.4, -0.2) is 47.8 Å². The first kappa shape index (κ1) is 16.7. The van der Waals surface area contributed by atoms with E-state index in [9.17, 15) is 0 Å². The zero-order valence-electron chi connectivity index (χ0n) is 12.0. The summed E-state index contributed by atoms with van der Waals surface area (Å²) in [6.07, 6.45) is 0. The predicted molar refractivity (Wildman–Crippen MR) is 94.6 cm³/mol. The fourth-order valence-corrected chi connectivity index (χ4v) is 6.50.